The van der Waals surface area contributed by atoms with Crippen molar-refractivity contribution in [3.8, 4) is 0 Å². The molecule has 0 aliphatic heterocycles. The lowest BCUT2D eigenvalue weighted by atomic mass is 10.1. The zero-order valence-electron chi connectivity index (χ0n) is 9.50. The minimum atomic E-state index is -1.02. The Morgan fingerprint density at radius 2 is 1.94 bits per heavy atom. The predicted octanol–water partition coefficient (Wildman–Crippen LogP) is 2.24. The van der Waals surface area contributed by atoms with Crippen LogP contribution in [0.4, 0.5) is 8.78 Å². The molecule has 1 aromatic carbocycles. The summed E-state index contributed by atoms with van der Waals surface area (Å²) in [5.74, 6) is -0.677. The molecule has 1 atom stereocenters. The van der Waals surface area contributed by atoms with Crippen molar-refractivity contribution in [2.24, 2.45) is 5.92 Å². The lowest BCUT2D eigenvalue weighted by Crippen LogP contribution is -2.25. The largest absolute Gasteiger partial charge is 0.387 e. The van der Waals surface area contributed by atoms with Crippen molar-refractivity contribution >= 4 is 0 Å². The predicted molar refractivity (Wildman–Crippen MR) is 59.0 cm³/mol. The molecule has 0 aliphatic rings. The first-order valence-corrected chi connectivity index (χ1v) is 5.34. The molecule has 16 heavy (non-hydrogen) atoms. The maximum atomic E-state index is 13.3. The fraction of sp³-hybridized carbons (Fsp3) is 0.500. The molecule has 0 saturated heterocycles. The Labute approximate surface area is 94.3 Å². The van der Waals surface area contributed by atoms with Gasteiger partial charge in [0.05, 0.1) is 6.10 Å². The summed E-state index contributed by atoms with van der Waals surface area (Å²) < 4.78 is 26.1. The third kappa shape index (κ3) is 3.87. The Hall–Kier alpha value is -1.00. The van der Waals surface area contributed by atoms with Crippen LogP contribution >= 0.6 is 0 Å². The van der Waals surface area contributed by atoms with Gasteiger partial charge in [-0.05, 0) is 30.7 Å². The van der Waals surface area contributed by atoms with Crippen LogP contribution in [0.1, 0.15) is 25.5 Å². The normalized spacial score (nSPS) is 13.1. The molecule has 1 unspecified atom stereocenters. The highest BCUT2D eigenvalue weighted by molar-refractivity contribution is 5.21. The lowest BCUT2D eigenvalue weighted by molar-refractivity contribution is 0.168. The van der Waals surface area contributed by atoms with Crippen LogP contribution in [0, 0.1) is 17.6 Å². The van der Waals surface area contributed by atoms with Gasteiger partial charge in [0, 0.05) is 12.1 Å². The molecule has 0 bridgehead atoms. The molecule has 90 valence electrons. The van der Waals surface area contributed by atoms with Crippen molar-refractivity contribution in [2.75, 3.05) is 13.1 Å². The van der Waals surface area contributed by atoms with Crippen molar-refractivity contribution in [3.63, 3.8) is 0 Å². The highest BCUT2D eigenvalue weighted by Crippen LogP contribution is 2.17. The van der Waals surface area contributed by atoms with E-state index in [9.17, 15) is 13.9 Å². The molecule has 0 aromatic heterocycles. The van der Waals surface area contributed by atoms with Gasteiger partial charge >= 0.3 is 0 Å². The molecule has 0 aliphatic carbocycles. The van der Waals surface area contributed by atoms with Crippen molar-refractivity contribution in [1.29, 1.82) is 0 Å². The van der Waals surface area contributed by atoms with Gasteiger partial charge in [-0.15, -0.1) is 0 Å². The van der Waals surface area contributed by atoms with E-state index < -0.39 is 17.7 Å². The quantitative estimate of drug-likeness (QED) is 0.811. The molecule has 0 spiro atoms. The van der Waals surface area contributed by atoms with E-state index in [1.807, 2.05) is 13.8 Å². The Morgan fingerprint density at radius 1 is 1.25 bits per heavy atom. The lowest BCUT2D eigenvalue weighted by Gasteiger charge is -2.14. The van der Waals surface area contributed by atoms with Crippen LogP contribution in [0.25, 0.3) is 0 Å². The zero-order chi connectivity index (χ0) is 12.1. The summed E-state index contributed by atoms with van der Waals surface area (Å²) in [5.41, 5.74) is -0.00347. The van der Waals surface area contributed by atoms with Crippen LogP contribution in [0.15, 0.2) is 18.2 Å². The smallest absolute Gasteiger partial charge is 0.129 e. The third-order valence-electron chi connectivity index (χ3n) is 2.21. The number of hydrogen-bond donors (Lipinski definition) is 2. The highest BCUT2D eigenvalue weighted by atomic mass is 19.1. The molecule has 0 saturated carbocycles. The minimum Gasteiger partial charge on any atom is -0.387 e. The number of rotatable bonds is 5. The molecular weight excluding hydrogens is 212 g/mol. The third-order valence-corrected chi connectivity index (χ3v) is 2.21. The summed E-state index contributed by atoms with van der Waals surface area (Å²) in [5, 5.41) is 12.7. The van der Waals surface area contributed by atoms with Gasteiger partial charge in [-0.25, -0.2) is 8.78 Å². The summed E-state index contributed by atoms with van der Waals surface area (Å²) in [6, 6.07) is 3.08. The van der Waals surface area contributed by atoms with Crippen LogP contribution in [0.5, 0.6) is 0 Å². The number of aliphatic hydroxyl groups is 1. The second-order valence-corrected chi connectivity index (χ2v) is 4.23. The molecule has 2 N–H and O–H groups in total. The monoisotopic (exact) mass is 229 g/mol. The first-order valence-electron chi connectivity index (χ1n) is 5.34. The molecule has 4 heteroatoms. The van der Waals surface area contributed by atoms with Gasteiger partial charge in [0.15, 0.2) is 0 Å². The SMILES string of the molecule is CC(C)CNCC(O)c1cc(F)ccc1F. The second-order valence-electron chi connectivity index (χ2n) is 4.23. The molecule has 0 fully saturated rings. The second kappa shape index (κ2) is 5.92. The van der Waals surface area contributed by atoms with Gasteiger partial charge in [0.2, 0.25) is 0 Å². The maximum Gasteiger partial charge on any atom is 0.129 e. The molecule has 0 heterocycles. The molecule has 1 aromatic rings. The molecular formula is C12H17F2NO. The Kier molecular flexibility index (Phi) is 4.83. The fourth-order valence-electron chi connectivity index (χ4n) is 1.39. The van der Waals surface area contributed by atoms with Crippen LogP contribution < -0.4 is 5.32 Å². The van der Waals surface area contributed by atoms with E-state index in [0.717, 1.165) is 24.7 Å². The van der Waals surface area contributed by atoms with Crippen molar-refractivity contribution in [3.05, 3.63) is 35.4 Å². The summed E-state index contributed by atoms with van der Waals surface area (Å²) in [7, 11) is 0. The number of aliphatic hydroxyl groups excluding tert-OH is 1. The van der Waals surface area contributed by atoms with E-state index in [0.29, 0.717) is 5.92 Å². The van der Waals surface area contributed by atoms with Gasteiger partial charge in [-0.1, -0.05) is 13.8 Å². The molecule has 0 amide bonds. The Morgan fingerprint density at radius 3 is 2.56 bits per heavy atom. The van der Waals surface area contributed by atoms with E-state index in [4.69, 9.17) is 0 Å². The first kappa shape index (κ1) is 13.1. The van der Waals surface area contributed by atoms with E-state index in [1.165, 1.54) is 0 Å². The Balaban J connectivity index is 2.58. The highest BCUT2D eigenvalue weighted by Gasteiger charge is 2.13. The molecule has 1 rings (SSSR count). The van der Waals surface area contributed by atoms with E-state index in [1.54, 1.807) is 0 Å². The van der Waals surface area contributed by atoms with Crippen molar-refractivity contribution in [2.45, 2.75) is 20.0 Å². The van der Waals surface area contributed by atoms with Crippen LogP contribution in [-0.4, -0.2) is 18.2 Å². The van der Waals surface area contributed by atoms with Crippen LogP contribution in [-0.2, 0) is 0 Å². The fourth-order valence-corrected chi connectivity index (χ4v) is 1.39. The standard InChI is InChI=1S/C12H17F2NO/c1-8(2)6-15-7-12(16)10-5-9(13)3-4-11(10)14/h3-5,8,12,15-16H,6-7H2,1-2H3. The van der Waals surface area contributed by atoms with Crippen LogP contribution in [0.3, 0.4) is 0 Å². The van der Waals surface area contributed by atoms with Gasteiger partial charge < -0.3 is 10.4 Å². The summed E-state index contributed by atoms with van der Waals surface area (Å²) >= 11 is 0. The Bertz CT molecular complexity index is 342. The zero-order valence-corrected chi connectivity index (χ0v) is 9.50. The summed E-state index contributed by atoms with van der Waals surface area (Å²) in [6.45, 7) is 5.01. The maximum absolute atomic E-state index is 13.3. The van der Waals surface area contributed by atoms with Crippen LogP contribution in [0.2, 0.25) is 0 Å². The van der Waals surface area contributed by atoms with Crippen molar-refractivity contribution in [1.82, 2.24) is 5.32 Å². The topological polar surface area (TPSA) is 32.3 Å². The minimum absolute atomic E-state index is 0.00347. The van der Waals surface area contributed by atoms with Gasteiger partial charge in [0.25, 0.3) is 0 Å². The number of benzene rings is 1. The van der Waals surface area contributed by atoms with E-state index >= 15 is 0 Å². The molecule has 0 radical (unpaired) electrons. The summed E-state index contributed by atoms with van der Waals surface area (Å²) in [4.78, 5) is 0. The van der Waals surface area contributed by atoms with Gasteiger partial charge in [-0.2, -0.15) is 0 Å². The summed E-state index contributed by atoms with van der Waals surface area (Å²) in [6.07, 6.45) is -1.02. The number of halogens is 2. The van der Waals surface area contributed by atoms with Gasteiger partial charge in [0.1, 0.15) is 11.6 Å². The average molecular weight is 229 g/mol. The number of nitrogens with one attached hydrogen (secondary N) is 1. The van der Waals surface area contributed by atoms with Crippen molar-refractivity contribution < 1.29 is 13.9 Å². The van der Waals surface area contributed by atoms with Gasteiger partial charge in [-0.3, -0.25) is 0 Å². The number of hydrogen-bond acceptors (Lipinski definition) is 2. The van der Waals surface area contributed by atoms with E-state index in [2.05, 4.69) is 5.32 Å². The molecule has 2 nitrogen and oxygen atoms in total. The van der Waals surface area contributed by atoms with E-state index in [-0.39, 0.29) is 12.1 Å². The first-order chi connectivity index (χ1) is 7.50. The average Bonchev–Trinajstić information content (AvgIpc) is 2.21.